The predicted molar refractivity (Wildman–Crippen MR) is 118 cm³/mol. The predicted octanol–water partition coefficient (Wildman–Crippen LogP) is 5.08. The van der Waals surface area contributed by atoms with E-state index in [9.17, 15) is 9.59 Å². The van der Waals surface area contributed by atoms with Crippen molar-refractivity contribution in [2.75, 3.05) is 17.6 Å². The van der Waals surface area contributed by atoms with Crippen LogP contribution in [0.15, 0.2) is 53.4 Å². The van der Waals surface area contributed by atoms with Crippen LogP contribution in [0.4, 0.5) is 5.69 Å². The Morgan fingerprint density at radius 1 is 1.07 bits per heavy atom. The van der Waals surface area contributed by atoms with E-state index in [4.69, 9.17) is 0 Å². The first-order valence-corrected chi connectivity index (χ1v) is 10.5. The summed E-state index contributed by atoms with van der Waals surface area (Å²) in [7, 11) is 0. The molecule has 0 aromatic heterocycles. The summed E-state index contributed by atoms with van der Waals surface area (Å²) < 4.78 is 0. The van der Waals surface area contributed by atoms with Gasteiger partial charge in [-0.05, 0) is 47.7 Å². The molecule has 0 fully saturated rings. The summed E-state index contributed by atoms with van der Waals surface area (Å²) >= 11 is 1.52. The van der Waals surface area contributed by atoms with Crippen LogP contribution >= 0.6 is 11.8 Å². The topological polar surface area (TPSA) is 49.4 Å². The maximum Gasteiger partial charge on any atom is 0.234 e. The van der Waals surface area contributed by atoms with Crippen LogP contribution in [-0.4, -0.2) is 29.0 Å². The van der Waals surface area contributed by atoms with E-state index < -0.39 is 0 Å². The molecule has 150 valence electrons. The maximum atomic E-state index is 12.3. The second-order valence-electron chi connectivity index (χ2n) is 7.84. The molecule has 0 aliphatic carbocycles. The van der Waals surface area contributed by atoms with Crippen LogP contribution in [-0.2, 0) is 21.5 Å². The number of hydrogen-bond donors (Lipinski definition) is 1. The number of amides is 2. The minimum absolute atomic E-state index is 0.0408. The molecular formula is C23H30N2O2S. The van der Waals surface area contributed by atoms with Crippen LogP contribution in [0, 0.1) is 0 Å². The van der Waals surface area contributed by atoms with Crippen molar-refractivity contribution in [1.82, 2.24) is 4.90 Å². The van der Waals surface area contributed by atoms with Crippen molar-refractivity contribution >= 4 is 29.3 Å². The summed E-state index contributed by atoms with van der Waals surface area (Å²) in [5.41, 5.74) is 3.16. The van der Waals surface area contributed by atoms with Crippen molar-refractivity contribution in [1.29, 1.82) is 0 Å². The van der Waals surface area contributed by atoms with Gasteiger partial charge in [-0.2, -0.15) is 0 Å². The van der Waals surface area contributed by atoms with Gasteiger partial charge in [0.05, 0.1) is 5.75 Å². The molecule has 0 aliphatic rings. The van der Waals surface area contributed by atoms with Crippen LogP contribution < -0.4 is 5.32 Å². The van der Waals surface area contributed by atoms with Gasteiger partial charge in [0, 0.05) is 30.6 Å². The zero-order valence-electron chi connectivity index (χ0n) is 17.4. The molecule has 2 amide bonds. The van der Waals surface area contributed by atoms with E-state index in [0.29, 0.717) is 18.8 Å². The number of carbonyl (C=O) groups is 2. The Hall–Kier alpha value is -2.27. The zero-order chi connectivity index (χ0) is 20.7. The highest BCUT2D eigenvalue weighted by Gasteiger charge is 2.13. The third-order valence-electron chi connectivity index (χ3n) is 4.50. The molecular weight excluding hydrogens is 368 g/mol. The Morgan fingerprint density at radius 3 is 2.32 bits per heavy atom. The second kappa shape index (κ2) is 9.78. The van der Waals surface area contributed by atoms with Gasteiger partial charge in [-0.3, -0.25) is 9.59 Å². The Labute approximate surface area is 172 Å². The lowest BCUT2D eigenvalue weighted by Gasteiger charge is -2.19. The number of hydrogen-bond acceptors (Lipinski definition) is 3. The van der Waals surface area contributed by atoms with E-state index in [1.165, 1.54) is 17.3 Å². The molecule has 0 radical (unpaired) electrons. The van der Waals surface area contributed by atoms with E-state index in [-0.39, 0.29) is 17.2 Å². The standard InChI is InChI=1S/C23H30N2O2S/c1-6-25(17(2)26)15-18-8-7-9-20(14-18)24-22(27)16-28-21-12-10-19(11-13-21)23(3,4)5/h7-14H,6,15-16H2,1-5H3,(H,24,27). The molecule has 0 heterocycles. The minimum atomic E-state index is -0.0408. The van der Waals surface area contributed by atoms with Gasteiger partial charge >= 0.3 is 0 Å². The Balaban J connectivity index is 1.91. The number of carbonyl (C=O) groups excluding carboxylic acids is 2. The molecule has 0 aliphatic heterocycles. The number of anilines is 1. The van der Waals surface area contributed by atoms with Gasteiger partial charge in [0.2, 0.25) is 11.8 Å². The molecule has 5 heteroatoms. The molecule has 2 rings (SSSR count). The Kier molecular flexibility index (Phi) is 7.69. The highest BCUT2D eigenvalue weighted by molar-refractivity contribution is 8.00. The number of thioether (sulfide) groups is 1. The van der Waals surface area contributed by atoms with Crippen molar-refractivity contribution in [3.8, 4) is 0 Å². The van der Waals surface area contributed by atoms with Gasteiger partial charge < -0.3 is 10.2 Å². The SMILES string of the molecule is CCN(Cc1cccc(NC(=O)CSc2ccc(C(C)(C)C)cc2)c1)C(C)=O. The fraction of sp³-hybridized carbons (Fsp3) is 0.391. The van der Waals surface area contributed by atoms with Gasteiger partial charge in [0.25, 0.3) is 0 Å². The third-order valence-corrected chi connectivity index (χ3v) is 5.51. The molecule has 4 nitrogen and oxygen atoms in total. The molecule has 2 aromatic rings. The number of nitrogens with one attached hydrogen (secondary N) is 1. The van der Waals surface area contributed by atoms with Crippen LogP contribution in [0.25, 0.3) is 0 Å². The highest BCUT2D eigenvalue weighted by atomic mass is 32.2. The van der Waals surface area contributed by atoms with Crippen molar-refractivity contribution in [2.45, 2.75) is 51.5 Å². The lowest BCUT2D eigenvalue weighted by atomic mass is 9.87. The first-order valence-electron chi connectivity index (χ1n) is 9.56. The van der Waals surface area contributed by atoms with E-state index in [1.54, 1.807) is 11.8 Å². The van der Waals surface area contributed by atoms with Gasteiger partial charge in [-0.1, -0.05) is 45.0 Å². The average Bonchev–Trinajstić information content (AvgIpc) is 2.64. The number of benzene rings is 2. The first kappa shape index (κ1) is 22.0. The largest absolute Gasteiger partial charge is 0.339 e. The fourth-order valence-electron chi connectivity index (χ4n) is 2.81. The molecule has 2 aromatic carbocycles. The summed E-state index contributed by atoms with van der Waals surface area (Å²) in [5, 5.41) is 2.95. The van der Waals surface area contributed by atoms with Crippen molar-refractivity contribution in [3.63, 3.8) is 0 Å². The van der Waals surface area contributed by atoms with Gasteiger partial charge in [-0.15, -0.1) is 11.8 Å². The molecule has 0 atom stereocenters. The zero-order valence-corrected chi connectivity index (χ0v) is 18.2. The molecule has 0 saturated carbocycles. The maximum absolute atomic E-state index is 12.3. The normalized spacial score (nSPS) is 11.2. The summed E-state index contributed by atoms with van der Waals surface area (Å²) in [4.78, 5) is 26.7. The molecule has 0 unspecified atom stereocenters. The van der Waals surface area contributed by atoms with Gasteiger partial charge in [-0.25, -0.2) is 0 Å². The molecule has 28 heavy (non-hydrogen) atoms. The quantitative estimate of drug-likeness (QED) is 0.662. The first-order chi connectivity index (χ1) is 13.2. The summed E-state index contributed by atoms with van der Waals surface area (Å²) in [6.07, 6.45) is 0. The van der Waals surface area contributed by atoms with Crippen LogP contribution in [0.5, 0.6) is 0 Å². The lowest BCUT2D eigenvalue weighted by Crippen LogP contribution is -2.27. The van der Waals surface area contributed by atoms with Gasteiger partial charge in [0.1, 0.15) is 0 Å². The lowest BCUT2D eigenvalue weighted by molar-refractivity contribution is -0.129. The minimum Gasteiger partial charge on any atom is -0.339 e. The Morgan fingerprint density at radius 2 is 1.75 bits per heavy atom. The molecule has 0 bridgehead atoms. The van der Waals surface area contributed by atoms with E-state index in [2.05, 4.69) is 50.4 Å². The number of nitrogens with zero attached hydrogens (tertiary/aromatic N) is 1. The van der Waals surface area contributed by atoms with Gasteiger partial charge in [0.15, 0.2) is 0 Å². The van der Waals surface area contributed by atoms with Crippen LogP contribution in [0.1, 0.15) is 45.7 Å². The van der Waals surface area contributed by atoms with Crippen molar-refractivity contribution < 1.29 is 9.59 Å². The van der Waals surface area contributed by atoms with E-state index >= 15 is 0 Å². The van der Waals surface area contributed by atoms with Crippen molar-refractivity contribution in [3.05, 3.63) is 59.7 Å². The van der Waals surface area contributed by atoms with E-state index in [1.807, 2.05) is 31.2 Å². The van der Waals surface area contributed by atoms with E-state index in [0.717, 1.165) is 16.1 Å². The monoisotopic (exact) mass is 398 g/mol. The third kappa shape index (κ3) is 6.71. The highest BCUT2D eigenvalue weighted by Crippen LogP contribution is 2.25. The summed E-state index contributed by atoms with van der Waals surface area (Å²) in [6, 6.07) is 16.0. The Bertz CT molecular complexity index is 810. The smallest absolute Gasteiger partial charge is 0.234 e. The van der Waals surface area contributed by atoms with Crippen LogP contribution in [0.2, 0.25) is 0 Å². The molecule has 0 saturated heterocycles. The molecule has 1 N–H and O–H groups in total. The van der Waals surface area contributed by atoms with Crippen molar-refractivity contribution in [2.24, 2.45) is 0 Å². The average molecular weight is 399 g/mol. The number of rotatable bonds is 7. The summed E-state index contributed by atoms with van der Waals surface area (Å²) in [5.74, 6) is 0.361. The second-order valence-corrected chi connectivity index (χ2v) is 8.89. The fourth-order valence-corrected chi connectivity index (χ4v) is 3.51. The summed E-state index contributed by atoms with van der Waals surface area (Å²) in [6.45, 7) is 11.3. The molecule has 0 spiro atoms. The van der Waals surface area contributed by atoms with Crippen LogP contribution in [0.3, 0.4) is 0 Å².